The zero-order chi connectivity index (χ0) is 14.6. The first kappa shape index (κ1) is 16.9. The minimum Gasteiger partial charge on any atom is -0.392 e. The van der Waals surface area contributed by atoms with E-state index in [2.05, 4.69) is 5.32 Å². The Labute approximate surface area is 131 Å². The van der Waals surface area contributed by atoms with E-state index in [1.54, 1.807) is 6.92 Å². The molecule has 0 aliphatic carbocycles. The molecule has 0 bridgehead atoms. The Morgan fingerprint density at radius 2 is 1.84 bits per heavy atom. The molecule has 1 rings (SSSR count). The maximum Gasteiger partial charge on any atom is 0.234 e. The lowest BCUT2D eigenvalue weighted by Crippen LogP contribution is -2.21. The lowest BCUT2D eigenvalue weighted by molar-refractivity contribution is -0.113. The average Bonchev–Trinajstić information content (AvgIpc) is 2.30. The molecule has 0 fully saturated rings. The summed E-state index contributed by atoms with van der Waals surface area (Å²) in [4.78, 5) is 11.8. The summed E-state index contributed by atoms with van der Waals surface area (Å²) in [5.41, 5.74) is 0.350. The number of aliphatic hydroxyl groups excluding tert-OH is 1. The summed E-state index contributed by atoms with van der Waals surface area (Å²) in [7, 11) is 0. The van der Waals surface area contributed by atoms with Gasteiger partial charge in [-0.2, -0.15) is 0 Å². The Morgan fingerprint density at radius 1 is 1.32 bits per heavy atom. The SMILES string of the molecule is CC(O)C(C)SCC(=O)Nc1c(Cl)cc(Cl)cc1Cl. The standard InChI is InChI=1S/C12H14Cl3NO2S/c1-6(17)7(2)19-5-11(18)16-12-9(14)3-8(13)4-10(12)15/h3-4,6-7,17H,5H2,1-2H3,(H,16,18). The number of rotatable bonds is 5. The van der Waals surface area contributed by atoms with Crippen LogP contribution in [0.1, 0.15) is 13.8 Å². The number of carbonyl (C=O) groups is 1. The van der Waals surface area contributed by atoms with Crippen LogP contribution in [0.25, 0.3) is 0 Å². The number of halogens is 3. The number of amides is 1. The molecular weight excluding hydrogens is 329 g/mol. The van der Waals surface area contributed by atoms with Gasteiger partial charge in [-0.15, -0.1) is 11.8 Å². The summed E-state index contributed by atoms with van der Waals surface area (Å²) in [6.45, 7) is 3.54. The van der Waals surface area contributed by atoms with Gasteiger partial charge in [-0.3, -0.25) is 4.79 Å². The molecular formula is C12H14Cl3NO2S. The Morgan fingerprint density at radius 3 is 2.32 bits per heavy atom. The highest BCUT2D eigenvalue weighted by atomic mass is 35.5. The molecule has 2 N–H and O–H groups in total. The van der Waals surface area contributed by atoms with E-state index in [9.17, 15) is 9.90 Å². The van der Waals surface area contributed by atoms with Gasteiger partial charge in [0.25, 0.3) is 0 Å². The molecule has 3 nitrogen and oxygen atoms in total. The van der Waals surface area contributed by atoms with E-state index in [4.69, 9.17) is 34.8 Å². The van der Waals surface area contributed by atoms with Crippen LogP contribution in [0.5, 0.6) is 0 Å². The Bertz CT molecular complexity index is 445. The fourth-order valence-electron chi connectivity index (χ4n) is 1.18. The largest absolute Gasteiger partial charge is 0.392 e. The number of nitrogens with one attached hydrogen (secondary N) is 1. The molecule has 7 heteroatoms. The Balaban J connectivity index is 2.63. The van der Waals surface area contributed by atoms with Crippen molar-refractivity contribution < 1.29 is 9.90 Å². The number of aliphatic hydroxyl groups is 1. The van der Waals surface area contributed by atoms with Gasteiger partial charge in [-0.05, 0) is 19.1 Å². The number of anilines is 1. The van der Waals surface area contributed by atoms with Crippen molar-refractivity contribution in [3.63, 3.8) is 0 Å². The summed E-state index contributed by atoms with van der Waals surface area (Å²) in [5, 5.41) is 12.9. The molecule has 0 aromatic heterocycles. The molecule has 19 heavy (non-hydrogen) atoms. The van der Waals surface area contributed by atoms with E-state index < -0.39 is 6.10 Å². The van der Waals surface area contributed by atoms with Crippen molar-refractivity contribution in [2.45, 2.75) is 25.2 Å². The number of hydrogen-bond donors (Lipinski definition) is 2. The zero-order valence-corrected chi connectivity index (χ0v) is 13.5. The smallest absolute Gasteiger partial charge is 0.234 e. The molecule has 0 radical (unpaired) electrons. The van der Waals surface area contributed by atoms with Crippen molar-refractivity contribution in [3.8, 4) is 0 Å². The van der Waals surface area contributed by atoms with Crippen molar-refractivity contribution in [1.82, 2.24) is 0 Å². The van der Waals surface area contributed by atoms with Crippen molar-refractivity contribution in [3.05, 3.63) is 27.2 Å². The highest BCUT2D eigenvalue weighted by Crippen LogP contribution is 2.33. The normalized spacial score (nSPS) is 14.0. The van der Waals surface area contributed by atoms with Crippen LogP contribution in [-0.2, 0) is 4.79 Å². The lowest BCUT2D eigenvalue weighted by atomic mass is 10.3. The monoisotopic (exact) mass is 341 g/mol. The van der Waals surface area contributed by atoms with E-state index in [0.29, 0.717) is 20.8 Å². The molecule has 0 saturated carbocycles. The average molecular weight is 343 g/mol. The van der Waals surface area contributed by atoms with Gasteiger partial charge in [0, 0.05) is 10.3 Å². The summed E-state index contributed by atoms with van der Waals surface area (Å²) in [5.74, 6) is -0.0231. The molecule has 106 valence electrons. The van der Waals surface area contributed by atoms with Crippen LogP contribution in [0.15, 0.2) is 12.1 Å². The van der Waals surface area contributed by atoms with Gasteiger partial charge in [-0.1, -0.05) is 41.7 Å². The zero-order valence-electron chi connectivity index (χ0n) is 10.4. The second-order valence-electron chi connectivity index (χ2n) is 4.05. The van der Waals surface area contributed by atoms with Gasteiger partial charge in [0.05, 0.1) is 27.6 Å². The van der Waals surface area contributed by atoms with E-state index in [1.807, 2.05) is 6.92 Å². The fourth-order valence-corrected chi connectivity index (χ4v) is 2.86. The maximum absolute atomic E-state index is 11.8. The van der Waals surface area contributed by atoms with Crippen molar-refractivity contribution in [2.24, 2.45) is 0 Å². The Hall–Kier alpha value is -0.130. The number of carbonyl (C=O) groups excluding carboxylic acids is 1. The predicted molar refractivity (Wildman–Crippen MR) is 83.7 cm³/mol. The molecule has 0 spiro atoms. The quantitative estimate of drug-likeness (QED) is 0.847. The fraction of sp³-hybridized carbons (Fsp3) is 0.417. The van der Waals surface area contributed by atoms with Crippen molar-refractivity contribution in [2.75, 3.05) is 11.1 Å². The van der Waals surface area contributed by atoms with Crippen LogP contribution in [0.4, 0.5) is 5.69 Å². The second-order valence-corrected chi connectivity index (χ2v) is 6.67. The third-order valence-corrected chi connectivity index (χ3v) is 4.59. The summed E-state index contributed by atoms with van der Waals surface area (Å²) < 4.78 is 0. The van der Waals surface area contributed by atoms with Crippen LogP contribution in [0, 0.1) is 0 Å². The number of benzene rings is 1. The Kier molecular flexibility index (Phi) is 6.77. The molecule has 1 aromatic rings. The molecule has 2 atom stereocenters. The summed E-state index contributed by atoms with van der Waals surface area (Å²) >= 11 is 19.1. The minimum atomic E-state index is -0.472. The highest BCUT2D eigenvalue weighted by Gasteiger charge is 2.14. The first-order chi connectivity index (χ1) is 8.81. The first-order valence-electron chi connectivity index (χ1n) is 5.55. The van der Waals surface area contributed by atoms with Gasteiger partial charge in [-0.25, -0.2) is 0 Å². The third-order valence-electron chi connectivity index (χ3n) is 2.43. The topological polar surface area (TPSA) is 49.3 Å². The van der Waals surface area contributed by atoms with E-state index >= 15 is 0 Å². The summed E-state index contributed by atoms with van der Waals surface area (Å²) in [6, 6.07) is 3.02. The van der Waals surface area contributed by atoms with Crippen LogP contribution in [-0.4, -0.2) is 28.1 Å². The predicted octanol–water partition coefficient (Wildman–Crippen LogP) is 4.09. The van der Waals surface area contributed by atoms with Crippen molar-refractivity contribution >= 4 is 58.2 Å². The minimum absolute atomic E-state index is 0.0260. The molecule has 2 unspecified atom stereocenters. The molecule has 1 amide bonds. The third kappa shape index (κ3) is 5.40. The van der Waals surface area contributed by atoms with E-state index in [-0.39, 0.29) is 16.9 Å². The maximum atomic E-state index is 11.8. The molecule has 0 heterocycles. The van der Waals surface area contributed by atoms with Crippen LogP contribution in [0.2, 0.25) is 15.1 Å². The van der Waals surface area contributed by atoms with Gasteiger partial charge in [0.2, 0.25) is 5.91 Å². The van der Waals surface area contributed by atoms with Crippen molar-refractivity contribution in [1.29, 1.82) is 0 Å². The lowest BCUT2D eigenvalue weighted by Gasteiger charge is -2.14. The molecule has 1 aromatic carbocycles. The van der Waals surface area contributed by atoms with E-state index in [1.165, 1.54) is 23.9 Å². The van der Waals surface area contributed by atoms with Gasteiger partial charge >= 0.3 is 0 Å². The molecule has 0 aliphatic rings. The molecule has 0 saturated heterocycles. The van der Waals surface area contributed by atoms with Crippen LogP contribution in [0.3, 0.4) is 0 Å². The van der Waals surface area contributed by atoms with Gasteiger partial charge < -0.3 is 10.4 Å². The highest BCUT2D eigenvalue weighted by molar-refractivity contribution is 8.00. The van der Waals surface area contributed by atoms with Crippen LogP contribution < -0.4 is 5.32 Å². The number of hydrogen-bond acceptors (Lipinski definition) is 3. The first-order valence-corrected chi connectivity index (χ1v) is 7.73. The summed E-state index contributed by atoms with van der Waals surface area (Å²) in [6.07, 6.45) is -0.472. The van der Waals surface area contributed by atoms with Crippen LogP contribution >= 0.6 is 46.6 Å². The second kappa shape index (κ2) is 7.60. The number of thioether (sulfide) groups is 1. The molecule has 0 aliphatic heterocycles. The van der Waals surface area contributed by atoms with Gasteiger partial charge in [0.15, 0.2) is 0 Å². The van der Waals surface area contributed by atoms with E-state index in [0.717, 1.165) is 0 Å². The van der Waals surface area contributed by atoms with Gasteiger partial charge in [0.1, 0.15) is 0 Å².